The van der Waals surface area contributed by atoms with E-state index in [2.05, 4.69) is 31.5 Å². The maximum atomic E-state index is 12.4. The fraction of sp³-hybridized carbons (Fsp3) is 0.294. The summed E-state index contributed by atoms with van der Waals surface area (Å²) in [7, 11) is 0. The lowest BCUT2D eigenvalue weighted by Gasteiger charge is -2.21. The summed E-state index contributed by atoms with van der Waals surface area (Å²) < 4.78 is 5.80. The van der Waals surface area contributed by atoms with E-state index in [0.717, 1.165) is 3.79 Å². The highest BCUT2D eigenvalue weighted by atomic mass is 79.9. The minimum Gasteiger partial charge on any atom is -0.454 e. The molecule has 27 heavy (non-hydrogen) atoms. The lowest BCUT2D eigenvalue weighted by atomic mass is 10.0. The lowest BCUT2D eigenvalue weighted by molar-refractivity contribution is -0.150. The summed E-state index contributed by atoms with van der Waals surface area (Å²) in [6, 6.07) is 5.59. The second kappa shape index (κ2) is 9.82. The standard InChI is InChI=1S/C17H17BrClN3O4S/c1-9(2)14(22-15(24)10-5-3-4-6-11(10)19)16(25)26-8-13(23)21-17-20-7-12(18)27-17/h3-7,9,14H,8H2,1-2H3,(H,22,24)(H,20,21,23)/t14-/m0/s1. The molecule has 10 heteroatoms. The van der Waals surface area contributed by atoms with Gasteiger partial charge in [0.25, 0.3) is 11.8 Å². The number of halogens is 2. The maximum Gasteiger partial charge on any atom is 0.329 e. The summed E-state index contributed by atoms with van der Waals surface area (Å²) in [6.45, 7) is 3.03. The molecule has 1 heterocycles. The summed E-state index contributed by atoms with van der Waals surface area (Å²) in [5, 5.41) is 5.78. The molecule has 0 spiro atoms. The highest BCUT2D eigenvalue weighted by molar-refractivity contribution is 9.11. The molecule has 0 fully saturated rings. The summed E-state index contributed by atoms with van der Waals surface area (Å²) in [4.78, 5) is 40.5. The molecule has 2 rings (SSSR count). The third kappa shape index (κ3) is 6.30. The van der Waals surface area contributed by atoms with E-state index in [4.69, 9.17) is 16.3 Å². The summed E-state index contributed by atoms with van der Waals surface area (Å²) in [5.74, 6) is -1.97. The van der Waals surface area contributed by atoms with Crippen LogP contribution in [0.4, 0.5) is 5.13 Å². The van der Waals surface area contributed by atoms with Gasteiger partial charge in [0.2, 0.25) is 0 Å². The van der Waals surface area contributed by atoms with Crippen LogP contribution in [0.25, 0.3) is 0 Å². The van der Waals surface area contributed by atoms with Crippen molar-refractivity contribution in [2.75, 3.05) is 11.9 Å². The molecule has 1 aromatic heterocycles. The molecule has 144 valence electrons. The molecule has 7 nitrogen and oxygen atoms in total. The van der Waals surface area contributed by atoms with E-state index in [1.165, 1.54) is 11.3 Å². The number of aromatic nitrogens is 1. The van der Waals surface area contributed by atoms with Crippen molar-refractivity contribution in [2.24, 2.45) is 5.92 Å². The molecular formula is C17H17BrClN3O4S. The van der Waals surface area contributed by atoms with Gasteiger partial charge in [0.1, 0.15) is 6.04 Å². The van der Waals surface area contributed by atoms with Crippen molar-refractivity contribution < 1.29 is 19.1 Å². The van der Waals surface area contributed by atoms with Gasteiger partial charge in [-0.25, -0.2) is 9.78 Å². The predicted molar refractivity (Wildman–Crippen MR) is 107 cm³/mol. The molecular weight excluding hydrogens is 458 g/mol. The topological polar surface area (TPSA) is 97.4 Å². The molecule has 1 aromatic carbocycles. The van der Waals surface area contributed by atoms with Crippen LogP contribution in [0, 0.1) is 5.92 Å². The Bertz CT molecular complexity index is 843. The van der Waals surface area contributed by atoms with Gasteiger partial charge in [0.05, 0.1) is 20.6 Å². The number of amides is 2. The van der Waals surface area contributed by atoms with Crippen LogP contribution in [0.15, 0.2) is 34.2 Å². The van der Waals surface area contributed by atoms with E-state index < -0.39 is 30.4 Å². The van der Waals surface area contributed by atoms with E-state index in [1.54, 1.807) is 44.3 Å². The number of carbonyl (C=O) groups is 3. The second-order valence-corrected chi connectivity index (χ2v) is 8.62. The Morgan fingerprint density at radius 1 is 1.30 bits per heavy atom. The van der Waals surface area contributed by atoms with Gasteiger partial charge >= 0.3 is 5.97 Å². The van der Waals surface area contributed by atoms with Crippen molar-refractivity contribution in [3.63, 3.8) is 0 Å². The Hall–Kier alpha value is -1.97. The van der Waals surface area contributed by atoms with Crippen molar-refractivity contribution >= 4 is 61.8 Å². The van der Waals surface area contributed by atoms with Crippen molar-refractivity contribution in [2.45, 2.75) is 19.9 Å². The fourth-order valence-electron chi connectivity index (χ4n) is 2.06. The highest BCUT2D eigenvalue weighted by Gasteiger charge is 2.27. The van der Waals surface area contributed by atoms with Crippen molar-refractivity contribution in [1.29, 1.82) is 0 Å². The third-order valence-electron chi connectivity index (χ3n) is 3.40. The second-order valence-electron chi connectivity index (χ2n) is 5.80. The Morgan fingerprint density at radius 2 is 2.00 bits per heavy atom. The number of benzene rings is 1. The average molecular weight is 475 g/mol. The molecule has 2 N–H and O–H groups in total. The van der Waals surface area contributed by atoms with Gasteiger partial charge in [0.15, 0.2) is 11.7 Å². The summed E-state index contributed by atoms with van der Waals surface area (Å²) >= 11 is 10.5. The number of rotatable bonds is 7. The SMILES string of the molecule is CC(C)[C@H](NC(=O)c1ccccc1Cl)C(=O)OCC(=O)Nc1ncc(Br)s1. The largest absolute Gasteiger partial charge is 0.454 e. The molecule has 0 aliphatic rings. The van der Waals surface area contributed by atoms with Crippen LogP contribution in [-0.2, 0) is 14.3 Å². The number of nitrogens with one attached hydrogen (secondary N) is 2. The normalized spacial score (nSPS) is 11.7. The molecule has 0 unspecified atom stereocenters. The van der Waals surface area contributed by atoms with Crippen LogP contribution >= 0.6 is 38.9 Å². The number of carbonyl (C=O) groups excluding carboxylic acids is 3. The van der Waals surface area contributed by atoms with Crippen LogP contribution < -0.4 is 10.6 Å². The third-order valence-corrected chi connectivity index (χ3v) is 5.12. The van der Waals surface area contributed by atoms with Gasteiger partial charge in [-0.2, -0.15) is 0 Å². The van der Waals surface area contributed by atoms with Crippen molar-refractivity contribution in [3.8, 4) is 0 Å². The number of hydrogen-bond acceptors (Lipinski definition) is 6. The number of hydrogen-bond donors (Lipinski definition) is 2. The zero-order valence-electron chi connectivity index (χ0n) is 14.5. The van der Waals surface area contributed by atoms with Crippen molar-refractivity contribution in [1.82, 2.24) is 10.3 Å². The van der Waals surface area contributed by atoms with Gasteiger partial charge < -0.3 is 10.1 Å². The molecule has 0 aliphatic carbocycles. The number of thiazole rings is 1. The maximum absolute atomic E-state index is 12.4. The van der Waals surface area contributed by atoms with Crippen LogP contribution in [0.2, 0.25) is 5.02 Å². The van der Waals surface area contributed by atoms with Gasteiger partial charge in [-0.3, -0.25) is 14.9 Å². The summed E-state index contributed by atoms with van der Waals surface area (Å²) in [6.07, 6.45) is 1.55. The molecule has 2 aromatic rings. The quantitative estimate of drug-likeness (QED) is 0.599. The average Bonchev–Trinajstić information content (AvgIpc) is 3.02. The first-order valence-corrected chi connectivity index (χ1v) is 9.90. The predicted octanol–water partition coefficient (Wildman–Crippen LogP) is 3.50. The van der Waals surface area contributed by atoms with Crippen molar-refractivity contribution in [3.05, 3.63) is 44.8 Å². The Morgan fingerprint density at radius 3 is 2.59 bits per heavy atom. The van der Waals surface area contributed by atoms with Gasteiger partial charge in [0, 0.05) is 0 Å². The molecule has 0 aliphatic heterocycles. The zero-order valence-corrected chi connectivity index (χ0v) is 17.7. The summed E-state index contributed by atoms with van der Waals surface area (Å²) in [5.41, 5.74) is 0.254. The van der Waals surface area contributed by atoms with E-state index in [0.29, 0.717) is 5.13 Å². The first kappa shape index (κ1) is 21.3. The Labute approximate surface area is 173 Å². The molecule has 0 saturated heterocycles. The monoisotopic (exact) mass is 473 g/mol. The van der Waals surface area contributed by atoms with E-state index >= 15 is 0 Å². The molecule has 0 radical (unpaired) electrons. The minimum atomic E-state index is -0.921. The first-order chi connectivity index (χ1) is 12.8. The van der Waals surface area contributed by atoms with E-state index in [-0.39, 0.29) is 16.5 Å². The van der Waals surface area contributed by atoms with Gasteiger partial charge in [-0.15, -0.1) is 0 Å². The van der Waals surface area contributed by atoms with E-state index in [9.17, 15) is 14.4 Å². The smallest absolute Gasteiger partial charge is 0.329 e. The number of ether oxygens (including phenoxy) is 1. The Balaban J connectivity index is 1.93. The zero-order chi connectivity index (χ0) is 20.0. The fourth-order valence-corrected chi connectivity index (χ4v) is 3.40. The minimum absolute atomic E-state index is 0.248. The van der Waals surface area contributed by atoms with Crippen LogP contribution in [0.5, 0.6) is 0 Å². The van der Waals surface area contributed by atoms with Gasteiger partial charge in [-0.05, 0) is 34.0 Å². The Kier molecular flexibility index (Phi) is 7.76. The van der Waals surface area contributed by atoms with Crippen LogP contribution in [-0.4, -0.2) is 35.4 Å². The highest BCUT2D eigenvalue weighted by Crippen LogP contribution is 2.23. The molecule has 0 bridgehead atoms. The molecule has 0 saturated carbocycles. The number of nitrogens with zero attached hydrogens (tertiary/aromatic N) is 1. The van der Waals surface area contributed by atoms with Crippen LogP contribution in [0.3, 0.4) is 0 Å². The molecule has 1 atom stereocenters. The van der Waals surface area contributed by atoms with Gasteiger partial charge in [-0.1, -0.05) is 48.9 Å². The van der Waals surface area contributed by atoms with E-state index in [1.807, 2.05) is 0 Å². The first-order valence-electron chi connectivity index (χ1n) is 7.91. The number of anilines is 1. The molecule has 2 amide bonds. The van der Waals surface area contributed by atoms with Crippen LogP contribution in [0.1, 0.15) is 24.2 Å². The number of esters is 1. The lowest BCUT2D eigenvalue weighted by Crippen LogP contribution is -2.46.